The van der Waals surface area contributed by atoms with Gasteiger partial charge in [0.15, 0.2) is 11.3 Å². The first-order valence-electron chi connectivity index (χ1n) is 18.6. The average Bonchev–Trinajstić information content (AvgIpc) is 3.82. The monoisotopic (exact) mass is 728 g/mol. The Morgan fingerprint density at radius 1 is 1.04 bits per heavy atom. The van der Waals surface area contributed by atoms with Gasteiger partial charge < -0.3 is 35.7 Å². The second-order valence-electron chi connectivity index (χ2n) is 13.8. The third-order valence-corrected chi connectivity index (χ3v) is 10.8. The number of rotatable bonds is 21. The zero-order chi connectivity index (χ0) is 36.8. The Bertz CT molecular complexity index is 1550. The van der Waals surface area contributed by atoms with Gasteiger partial charge in [-0.25, -0.2) is 4.79 Å². The Hall–Kier alpha value is -3.94. The fourth-order valence-electron chi connectivity index (χ4n) is 6.40. The van der Waals surface area contributed by atoms with Gasteiger partial charge in [-0.3, -0.25) is 23.9 Å². The number of alkyl carbamates (subject to hydrolysis) is 1. The first-order chi connectivity index (χ1) is 24.6. The number of carbonyl (C=O) groups excluding carboxylic acids is 4. The molecule has 0 spiro atoms. The summed E-state index contributed by atoms with van der Waals surface area (Å²) in [6.45, 7) is 4.47. The van der Waals surface area contributed by atoms with Gasteiger partial charge in [-0.15, -0.1) is 0 Å². The largest absolute Gasteiger partial charge is 0.482 e. The van der Waals surface area contributed by atoms with Crippen LogP contribution in [0.5, 0.6) is 5.88 Å². The van der Waals surface area contributed by atoms with Gasteiger partial charge in [0.2, 0.25) is 11.8 Å². The smallest absolute Gasteiger partial charge is 0.407 e. The summed E-state index contributed by atoms with van der Waals surface area (Å²) in [5.74, 6) is -0.583. The average molecular weight is 729 g/mol. The molecule has 2 unspecified atom stereocenters. The maximum Gasteiger partial charge on any atom is 0.407 e. The number of methoxy groups -OCH3 is 1. The highest BCUT2D eigenvalue weighted by Gasteiger charge is 2.37. The number of fused-ring (bicyclic) bond motifs is 1. The number of benzene rings is 1. The highest BCUT2D eigenvalue weighted by molar-refractivity contribution is 7.98. The van der Waals surface area contributed by atoms with Crippen LogP contribution >= 0.6 is 11.9 Å². The zero-order valence-corrected chi connectivity index (χ0v) is 31.2. The molecule has 6 N–H and O–H groups in total. The summed E-state index contributed by atoms with van der Waals surface area (Å²) in [7, 11) is 1.49. The van der Waals surface area contributed by atoms with E-state index in [1.54, 1.807) is 12.1 Å². The predicted octanol–water partition coefficient (Wildman–Crippen LogP) is 4.96. The maximum atomic E-state index is 13.5. The van der Waals surface area contributed by atoms with Gasteiger partial charge in [0.25, 0.3) is 5.91 Å². The summed E-state index contributed by atoms with van der Waals surface area (Å²) < 4.78 is 13.4. The van der Waals surface area contributed by atoms with E-state index in [1.807, 2.05) is 6.92 Å². The summed E-state index contributed by atoms with van der Waals surface area (Å²) in [5.41, 5.74) is 8.15. The molecule has 0 bridgehead atoms. The number of amides is 4. The second-order valence-corrected chi connectivity index (χ2v) is 14.9. The molecule has 1 aromatic carbocycles. The number of pyridine rings is 1. The number of unbranched alkanes of at least 4 members (excludes halogenated alkanes) is 6. The van der Waals surface area contributed by atoms with Gasteiger partial charge in [-0.1, -0.05) is 46.0 Å². The SMILES string of the molecule is CCCCCCC[C@H](C)C(NC(=O)C1CCCN1C(=O)CNC(=O)OCCCCCc1cc2c(=O)cc(OC)[nH]c2cc1N)C(=O)NSC1CC1. The number of nitrogen functional groups attached to an aromatic ring is 1. The van der Waals surface area contributed by atoms with Crippen molar-refractivity contribution in [1.29, 1.82) is 0 Å². The third-order valence-electron chi connectivity index (χ3n) is 9.63. The van der Waals surface area contributed by atoms with Crippen LogP contribution in [0.1, 0.15) is 103 Å². The molecule has 1 saturated heterocycles. The van der Waals surface area contributed by atoms with Crippen molar-refractivity contribution >= 4 is 52.4 Å². The van der Waals surface area contributed by atoms with Gasteiger partial charge in [0, 0.05) is 28.9 Å². The van der Waals surface area contributed by atoms with E-state index in [0.29, 0.717) is 59.9 Å². The van der Waals surface area contributed by atoms with Gasteiger partial charge in [-0.2, -0.15) is 0 Å². The van der Waals surface area contributed by atoms with Crippen molar-refractivity contribution in [2.75, 3.05) is 32.5 Å². The highest BCUT2D eigenvalue weighted by atomic mass is 32.2. The summed E-state index contributed by atoms with van der Waals surface area (Å²) in [6, 6.07) is 3.57. The number of hydrogen-bond acceptors (Lipinski definition) is 9. The van der Waals surface area contributed by atoms with Gasteiger partial charge in [-0.05, 0) is 93.3 Å². The van der Waals surface area contributed by atoms with Crippen molar-refractivity contribution in [3.63, 3.8) is 0 Å². The Balaban J connectivity index is 1.17. The van der Waals surface area contributed by atoms with Crippen LogP contribution in [0.2, 0.25) is 0 Å². The molecule has 0 radical (unpaired) electrons. The molecular formula is C37H56N6O7S. The Morgan fingerprint density at radius 2 is 1.80 bits per heavy atom. The first-order valence-corrected chi connectivity index (χ1v) is 19.4. The van der Waals surface area contributed by atoms with E-state index < -0.39 is 18.2 Å². The van der Waals surface area contributed by atoms with Crippen LogP contribution in [-0.2, 0) is 25.5 Å². The molecule has 2 heterocycles. The minimum atomic E-state index is -0.699. The number of carbonyl (C=O) groups is 4. The molecule has 2 fully saturated rings. The molecule has 1 aliphatic heterocycles. The molecule has 282 valence electrons. The lowest BCUT2D eigenvalue weighted by atomic mass is 9.94. The predicted molar refractivity (Wildman–Crippen MR) is 200 cm³/mol. The van der Waals surface area contributed by atoms with E-state index in [1.165, 1.54) is 36.4 Å². The normalized spacial score (nSPS) is 16.8. The second kappa shape index (κ2) is 20.2. The lowest BCUT2D eigenvalue weighted by molar-refractivity contribution is -0.139. The minimum Gasteiger partial charge on any atom is -0.482 e. The van der Waals surface area contributed by atoms with E-state index in [4.69, 9.17) is 15.2 Å². The molecule has 51 heavy (non-hydrogen) atoms. The molecule has 1 aromatic heterocycles. The van der Waals surface area contributed by atoms with Crippen molar-refractivity contribution < 1.29 is 28.7 Å². The summed E-state index contributed by atoms with van der Waals surface area (Å²) in [5, 5.41) is 6.48. The lowest BCUT2D eigenvalue weighted by Crippen LogP contribution is -2.55. The Morgan fingerprint density at radius 3 is 2.55 bits per heavy atom. The molecule has 1 saturated carbocycles. The highest BCUT2D eigenvalue weighted by Crippen LogP contribution is 2.32. The van der Waals surface area contributed by atoms with Crippen molar-refractivity contribution in [2.24, 2.45) is 5.92 Å². The zero-order valence-electron chi connectivity index (χ0n) is 30.4. The first kappa shape index (κ1) is 39.8. The molecule has 3 atom stereocenters. The summed E-state index contributed by atoms with van der Waals surface area (Å²) >= 11 is 1.43. The van der Waals surface area contributed by atoms with Crippen LogP contribution < -0.4 is 31.3 Å². The summed E-state index contributed by atoms with van der Waals surface area (Å²) in [4.78, 5) is 69.1. The number of aryl methyl sites for hydroxylation is 1. The minimum absolute atomic E-state index is 0.0509. The van der Waals surface area contributed by atoms with Gasteiger partial charge >= 0.3 is 6.09 Å². The molecule has 4 amide bonds. The summed E-state index contributed by atoms with van der Waals surface area (Å²) in [6.07, 6.45) is 11.9. The molecule has 1 aliphatic carbocycles. The Kier molecular flexibility index (Phi) is 15.8. The Labute approximate surface area is 305 Å². The standard InChI is InChI=1S/C37H56N6O7S/c1-4-5-6-7-9-13-24(2)34(36(47)42-51-26-16-17-26)41-35(46)30-15-12-18-43(30)33(45)23-39-37(48)50-19-11-8-10-14-25-20-27-29(21-28(25)38)40-32(49-3)22-31(27)44/h20-22,24,26,30,34H,4-19,23,38H2,1-3H3,(H,39,48)(H,40,44)(H,41,46)(H,42,47)/t24-,30?,34?/m0/s1. The third kappa shape index (κ3) is 12.4. The number of aromatic nitrogens is 1. The van der Waals surface area contributed by atoms with E-state index in [9.17, 15) is 24.0 Å². The molecule has 4 rings (SSSR count). The molecular weight excluding hydrogens is 673 g/mol. The van der Waals surface area contributed by atoms with Crippen molar-refractivity contribution in [3.8, 4) is 5.88 Å². The van der Waals surface area contributed by atoms with E-state index in [0.717, 1.165) is 63.4 Å². The fourth-order valence-corrected chi connectivity index (χ4v) is 7.18. The van der Waals surface area contributed by atoms with Crippen LogP contribution in [-0.4, -0.2) is 77.8 Å². The number of hydrogen-bond donors (Lipinski definition) is 5. The van der Waals surface area contributed by atoms with E-state index >= 15 is 0 Å². The van der Waals surface area contributed by atoms with Crippen LogP contribution in [0.15, 0.2) is 23.0 Å². The number of aromatic amines is 1. The number of nitrogens with one attached hydrogen (secondary N) is 4. The van der Waals surface area contributed by atoms with E-state index in [-0.39, 0.29) is 42.2 Å². The number of anilines is 1. The number of nitrogens with two attached hydrogens (primary N) is 1. The number of ether oxygens (including phenoxy) is 2. The van der Waals surface area contributed by atoms with E-state index in [2.05, 4.69) is 27.3 Å². The molecule has 2 aromatic rings. The van der Waals surface area contributed by atoms with Gasteiger partial charge in [0.1, 0.15) is 18.6 Å². The van der Waals surface area contributed by atoms with Crippen LogP contribution in [0.4, 0.5) is 10.5 Å². The van der Waals surface area contributed by atoms with Crippen LogP contribution in [0.3, 0.4) is 0 Å². The molecule has 2 aliphatic rings. The molecule has 14 heteroatoms. The maximum absolute atomic E-state index is 13.5. The van der Waals surface area contributed by atoms with Crippen molar-refractivity contribution in [2.45, 2.75) is 121 Å². The van der Waals surface area contributed by atoms with Crippen molar-refractivity contribution in [1.82, 2.24) is 25.2 Å². The number of likely N-dealkylation sites (tertiary alicyclic amines) is 1. The van der Waals surface area contributed by atoms with Crippen LogP contribution in [0, 0.1) is 5.92 Å². The van der Waals surface area contributed by atoms with Crippen LogP contribution in [0.25, 0.3) is 10.9 Å². The topological polar surface area (TPSA) is 185 Å². The van der Waals surface area contributed by atoms with Gasteiger partial charge in [0.05, 0.1) is 19.2 Å². The molecule has 13 nitrogen and oxygen atoms in total. The fraction of sp³-hybridized carbons (Fsp3) is 0.649. The quantitative estimate of drug-likeness (QED) is 0.0674. The number of nitrogens with zero attached hydrogens (tertiary/aromatic N) is 1. The lowest BCUT2D eigenvalue weighted by Gasteiger charge is -2.29. The number of H-pyrrole nitrogens is 1. The van der Waals surface area contributed by atoms with Crippen molar-refractivity contribution in [3.05, 3.63) is 34.0 Å².